The molecule has 0 fully saturated rings. The van der Waals surface area contributed by atoms with Gasteiger partial charge in [0.2, 0.25) is 0 Å². The topological polar surface area (TPSA) is 24.9 Å². The molecule has 3 heteroatoms. The third-order valence-corrected chi connectivity index (χ3v) is 1.86. The molecule has 2 nitrogen and oxygen atoms in total. The number of nitrogens with zero attached hydrogens (tertiary/aromatic N) is 1. The van der Waals surface area contributed by atoms with Crippen LogP contribution in [0.15, 0.2) is 31.0 Å². The summed E-state index contributed by atoms with van der Waals surface area (Å²) in [5, 5.41) is 3.08. The van der Waals surface area contributed by atoms with Crippen molar-refractivity contribution in [2.45, 2.75) is 12.5 Å². The fraction of sp³-hybridized carbons (Fsp3) is 0.300. The van der Waals surface area contributed by atoms with Crippen LogP contribution in [-0.2, 0) is 0 Å². The number of hydrogen-bond donors (Lipinski definition) is 1. The number of nitrogens with one attached hydrogen (secondary N) is 1. The zero-order valence-corrected chi connectivity index (χ0v) is 7.63. The second-order valence-electron chi connectivity index (χ2n) is 2.77. The summed E-state index contributed by atoms with van der Waals surface area (Å²) in [5.41, 5.74) is 0.837. The Hall–Kier alpha value is -1.22. The van der Waals surface area contributed by atoms with Gasteiger partial charge >= 0.3 is 0 Å². The highest BCUT2D eigenvalue weighted by Gasteiger charge is 2.07. The van der Waals surface area contributed by atoms with Gasteiger partial charge in [-0.25, -0.2) is 4.39 Å². The quantitative estimate of drug-likeness (QED) is 0.717. The SMILES string of the molecule is C=CCC(NC)c1ccc(F)cn1. The van der Waals surface area contributed by atoms with Gasteiger partial charge in [-0.15, -0.1) is 6.58 Å². The van der Waals surface area contributed by atoms with Crippen molar-refractivity contribution < 1.29 is 4.39 Å². The van der Waals surface area contributed by atoms with Crippen molar-refractivity contribution in [1.29, 1.82) is 0 Å². The minimum Gasteiger partial charge on any atom is -0.311 e. The van der Waals surface area contributed by atoms with Crippen LogP contribution >= 0.6 is 0 Å². The molecule has 1 aromatic heterocycles. The number of halogens is 1. The van der Waals surface area contributed by atoms with E-state index in [1.54, 1.807) is 6.07 Å². The summed E-state index contributed by atoms with van der Waals surface area (Å²) in [5.74, 6) is -0.308. The standard InChI is InChI=1S/C10H13FN2/c1-3-4-9(12-2)10-6-5-8(11)7-13-10/h3,5-7,9,12H,1,4H2,2H3. The number of aromatic nitrogens is 1. The number of hydrogen-bond acceptors (Lipinski definition) is 2. The van der Waals surface area contributed by atoms with Crippen molar-refractivity contribution in [3.8, 4) is 0 Å². The maximum Gasteiger partial charge on any atom is 0.141 e. The normalized spacial score (nSPS) is 12.5. The molecule has 1 rings (SSSR count). The Balaban J connectivity index is 2.78. The highest BCUT2D eigenvalue weighted by atomic mass is 19.1. The summed E-state index contributed by atoms with van der Waals surface area (Å²) in [7, 11) is 1.85. The van der Waals surface area contributed by atoms with Gasteiger partial charge in [0.15, 0.2) is 0 Å². The van der Waals surface area contributed by atoms with Gasteiger partial charge in [-0.3, -0.25) is 4.98 Å². The zero-order chi connectivity index (χ0) is 9.68. The lowest BCUT2D eigenvalue weighted by Crippen LogP contribution is -2.16. The molecule has 0 saturated carbocycles. The number of pyridine rings is 1. The van der Waals surface area contributed by atoms with Crippen LogP contribution in [0, 0.1) is 5.82 Å². The molecule has 0 bridgehead atoms. The summed E-state index contributed by atoms with van der Waals surface area (Å²) in [6, 6.07) is 3.22. The fourth-order valence-corrected chi connectivity index (χ4v) is 1.15. The van der Waals surface area contributed by atoms with E-state index in [1.165, 1.54) is 12.3 Å². The highest BCUT2D eigenvalue weighted by Crippen LogP contribution is 2.13. The van der Waals surface area contributed by atoms with Crippen molar-refractivity contribution in [1.82, 2.24) is 10.3 Å². The van der Waals surface area contributed by atoms with Gasteiger partial charge < -0.3 is 5.32 Å². The van der Waals surface area contributed by atoms with E-state index in [2.05, 4.69) is 16.9 Å². The van der Waals surface area contributed by atoms with E-state index in [1.807, 2.05) is 13.1 Å². The van der Waals surface area contributed by atoms with E-state index in [4.69, 9.17) is 0 Å². The van der Waals surface area contributed by atoms with Crippen LogP contribution in [0.5, 0.6) is 0 Å². The molecular weight excluding hydrogens is 167 g/mol. The zero-order valence-electron chi connectivity index (χ0n) is 7.63. The first-order valence-electron chi connectivity index (χ1n) is 4.17. The predicted octanol–water partition coefficient (Wildman–Crippen LogP) is 2.06. The van der Waals surface area contributed by atoms with Crippen molar-refractivity contribution in [3.05, 3.63) is 42.5 Å². The Labute approximate surface area is 77.5 Å². The minimum absolute atomic E-state index is 0.123. The lowest BCUT2D eigenvalue weighted by Gasteiger charge is -2.12. The molecule has 0 aliphatic carbocycles. The van der Waals surface area contributed by atoms with Crippen molar-refractivity contribution in [2.24, 2.45) is 0 Å². The van der Waals surface area contributed by atoms with Crippen molar-refractivity contribution in [3.63, 3.8) is 0 Å². The van der Waals surface area contributed by atoms with Crippen LogP contribution in [0.4, 0.5) is 4.39 Å². The van der Waals surface area contributed by atoms with Gasteiger partial charge in [0.1, 0.15) is 5.82 Å². The highest BCUT2D eigenvalue weighted by molar-refractivity contribution is 5.10. The lowest BCUT2D eigenvalue weighted by molar-refractivity contribution is 0.574. The Morgan fingerprint density at radius 3 is 2.92 bits per heavy atom. The van der Waals surface area contributed by atoms with E-state index >= 15 is 0 Å². The summed E-state index contributed by atoms with van der Waals surface area (Å²) in [6.07, 6.45) is 3.82. The monoisotopic (exact) mass is 180 g/mol. The predicted molar refractivity (Wildman–Crippen MR) is 50.8 cm³/mol. The molecule has 1 aromatic rings. The first kappa shape index (κ1) is 9.86. The number of rotatable bonds is 4. The lowest BCUT2D eigenvalue weighted by atomic mass is 10.1. The van der Waals surface area contributed by atoms with Crippen LogP contribution < -0.4 is 5.32 Å². The maximum absolute atomic E-state index is 12.5. The molecule has 0 spiro atoms. The van der Waals surface area contributed by atoms with Gasteiger partial charge in [-0.1, -0.05) is 6.08 Å². The summed E-state index contributed by atoms with van der Waals surface area (Å²) in [4.78, 5) is 3.98. The Morgan fingerprint density at radius 1 is 1.69 bits per heavy atom. The van der Waals surface area contributed by atoms with Crippen LogP contribution in [0.25, 0.3) is 0 Å². The third kappa shape index (κ3) is 2.63. The molecule has 70 valence electrons. The van der Waals surface area contributed by atoms with E-state index < -0.39 is 0 Å². The molecular formula is C10H13FN2. The van der Waals surface area contributed by atoms with Crippen LogP contribution in [0.2, 0.25) is 0 Å². The molecule has 0 aromatic carbocycles. The molecule has 0 aliphatic rings. The smallest absolute Gasteiger partial charge is 0.141 e. The van der Waals surface area contributed by atoms with E-state index in [9.17, 15) is 4.39 Å². The average molecular weight is 180 g/mol. The molecule has 0 aliphatic heterocycles. The Bertz CT molecular complexity index is 269. The molecule has 1 N–H and O–H groups in total. The van der Waals surface area contributed by atoms with E-state index in [0.717, 1.165) is 12.1 Å². The van der Waals surface area contributed by atoms with Gasteiger partial charge in [0.05, 0.1) is 17.9 Å². The van der Waals surface area contributed by atoms with Crippen LogP contribution in [-0.4, -0.2) is 12.0 Å². The largest absolute Gasteiger partial charge is 0.311 e. The Kier molecular flexibility index (Phi) is 3.58. The molecule has 0 radical (unpaired) electrons. The van der Waals surface area contributed by atoms with Gasteiger partial charge in [0, 0.05) is 0 Å². The molecule has 1 unspecified atom stereocenters. The third-order valence-electron chi connectivity index (χ3n) is 1.86. The van der Waals surface area contributed by atoms with Crippen LogP contribution in [0.1, 0.15) is 18.2 Å². The molecule has 0 amide bonds. The van der Waals surface area contributed by atoms with Crippen molar-refractivity contribution in [2.75, 3.05) is 7.05 Å². The van der Waals surface area contributed by atoms with Crippen LogP contribution in [0.3, 0.4) is 0 Å². The molecule has 0 saturated heterocycles. The minimum atomic E-state index is -0.308. The van der Waals surface area contributed by atoms with E-state index in [0.29, 0.717) is 0 Å². The van der Waals surface area contributed by atoms with Gasteiger partial charge in [-0.05, 0) is 25.6 Å². The second kappa shape index (κ2) is 4.72. The summed E-state index contributed by atoms with van der Waals surface area (Å²) < 4.78 is 12.5. The molecule has 1 heterocycles. The summed E-state index contributed by atoms with van der Waals surface area (Å²) in [6.45, 7) is 3.65. The second-order valence-corrected chi connectivity index (χ2v) is 2.77. The molecule has 13 heavy (non-hydrogen) atoms. The van der Waals surface area contributed by atoms with Gasteiger partial charge in [-0.2, -0.15) is 0 Å². The van der Waals surface area contributed by atoms with Gasteiger partial charge in [0.25, 0.3) is 0 Å². The Morgan fingerprint density at radius 2 is 2.46 bits per heavy atom. The fourth-order valence-electron chi connectivity index (χ4n) is 1.15. The average Bonchev–Trinajstić information content (AvgIpc) is 2.16. The maximum atomic E-state index is 12.5. The first-order chi connectivity index (χ1) is 6.27. The van der Waals surface area contributed by atoms with E-state index in [-0.39, 0.29) is 11.9 Å². The molecule has 1 atom stereocenters. The van der Waals surface area contributed by atoms with Crippen molar-refractivity contribution >= 4 is 0 Å². The first-order valence-corrected chi connectivity index (χ1v) is 4.17. The summed E-state index contributed by atoms with van der Waals surface area (Å²) >= 11 is 0.